The molecule has 3 heteroatoms. The van der Waals surface area contributed by atoms with Crippen LogP contribution >= 0.6 is 0 Å². The van der Waals surface area contributed by atoms with Crippen LogP contribution in [-0.4, -0.2) is 25.0 Å². The van der Waals surface area contributed by atoms with Gasteiger partial charge in [0.05, 0.1) is 6.61 Å². The lowest BCUT2D eigenvalue weighted by Crippen LogP contribution is -2.28. The molecule has 0 spiro atoms. The highest BCUT2D eigenvalue weighted by Crippen LogP contribution is 2.22. The quantitative estimate of drug-likeness (QED) is 0.811. The van der Waals surface area contributed by atoms with Gasteiger partial charge in [-0.1, -0.05) is 0 Å². The number of carbonyl (C=O) groups excluding carboxylic acids is 1. The number of carbonyl (C=O) groups is 1. The molecule has 0 saturated carbocycles. The molecule has 1 aliphatic rings. The zero-order chi connectivity index (χ0) is 12.3. The molecule has 1 aliphatic heterocycles. The van der Waals surface area contributed by atoms with Gasteiger partial charge in [-0.15, -0.1) is 0 Å². The molecule has 1 aromatic carbocycles. The Kier molecular flexibility index (Phi) is 3.79. The van der Waals surface area contributed by atoms with Crippen LogP contribution in [0.15, 0.2) is 24.3 Å². The summed E-state index contributed by atoms with van der Waals surface area (Å²) < 4.78 is 5.36. The summed E-state index contributed by atoms with van der Waals surface area (Å²) in [5.74, 6) is 1.18. The summed E-state index contributed by atoms with van der Waals surface area (Å²) in [6.07, 6.45) is 0.938. The van der Waals surface area contributed by atoms with E-state index < -0.39 is 0 Å². The van der Waals surface area contributed by atoms with E-state index in [1.54, 1.807) is 0 Å². The van der Waals surface area contributed by atoms with Crippen LogP contribution in [-0.2, 0) is 0 Å². The molecule has 0 aliphatic carbocycles. The van der Waals surface area contributed by atoms with Crippen LogP contribution in [0.3, 0.4) is 0 Å². The molecular formula is C14H19NO2. The molecular weight excluding hydrogens is 214 g/mol. The van der Waals surface area contributed by atoms with Crippen molar-refractivity contribution in [3.05, 3.63) is 29.8 Å². The minimum Gasteiger partial charge on any atom is -0.494 e. The molecule has 1 aromatic rings. The van der Waals surface area contributed by atoms with E-state index in [-0.39, 0.29) is 17.7 Å². The summed E-state index contributed by atoms with van der Waals surface area (Å²) in [5.41, 5.74) is 0.786. The summed E-state index contributed by atoms with van der Waals surface area (Å²) in [4.78, 5) is 12.2. The fourth-order valence-electron chi connectivity index (χ4n) is 2.31. The molecule has 0 amide bonds. The molecule has 1 saturated heterocycles. The van der Waals surface area contributed by atoms with Gasteiger partial charge in [-0.05, 0) is 51.1 Å². The maximum atomic E-state index is 12.2. The number of hydrogen-bond donors (Lipinski definition) is 1. The third-order valence-corrected chi connectivity index (χ3v) is 3.31. The first-order valence-electron chi connectivity index (χ1n) is 6.23. The third kappa shape index (κ3) is 2.67. The fraction of sp³-hybridized carbons (Fsp3) is 0.500. The lowest BCUT2D eigenvalue weighted by molar-refractivity contribution is 0.0914. The topological polar surface area (TPSA) is 38.3 Å². The van der Waals surface area contributed by atoms with Gasteiger partial charge in [-0.3, -0.25) is 4.79 Å². The largest absolute Gasteiger partial charge is 0.494 e. The van der Waals surface area contributed by atoms with Crippen LogP contribution < -0.4 is 10.1 Å². The Bertz CT molecular complexity index is 386. The first-order chi connectivity index (χ1) is 8.22. The van der Waals surface area contributed by atoms with E-state index in [1.807, 2.05) is 31.2 Å². The Morgan fingerprint density at radius 3 is 2.65 bits per heavy atom. The molecule has 92 valence electrons. The van der Waals surface area contributed by atoms with Gasteiger partial charge in [0.1, 0.15) is 5.75 Å². The van der Waals surface area contributed by atoms with Gasteiger partial charge >= 0.3 is 0 Å². The Morgan fingerprint density at radius 2 is 2.12 bits per heavy atom. The van der Waals surface area contributed by atoms with Gasteiger partial charge in [-0.25, -0.2) is 0 Å². The number of hydrogen-bond acceptors (Lipinski definition) is 3. The van der Waals surface area contributed by atoms with E-state index in [0.29, 0.717) is 6.61 Å². The predicted molar refractivity (Wildman–Crippen MR) is 67.5 cm³/mol. The van der Waals surface area contributed by atoms with Crippen molar-refractivity contribution < 1.29 is 9.53 Å². The molecule has 0 aromatic heterocycles. The van der Waals surface area contributed by atoms with Crippen molar-refractivity contribution in [2.45, 2.75) is 26.3 Å². The molecule has 0 bridgehead atoms. The predicted octanol–water partition coefficient (Wildman–Crippen LogP) is 2.27. The smallest absolute Gasteiger partial charge is 0.167 e. The van der Waals surface area contributed by atoms with Gasteiger partial charge in [0.25, 0.3) is 0 Å². The number of benzene rings is 1. The number of ether oxygens (including phenoxy) is 1. The van der Waals surface area contributed by atoms with Gasteiger partial charge in [0, 0.05) is 17.5 Å². The minimum atomic E-state index is 0.118. The number of ketones is 1. The summed E-state index contributed by atoms with van der Waals surface area (Å²) >= 11 is 0. The second-order valence-electron chi connectivity index (χ2n) is 4.46. The van der Waals surface area contributed by atoms with Gasteiger partial charge in [0.2, 0.25) is 0 Å². The molecule has 1 heterocycles. The monoisotopic (exact) mass is 233 g/mol. The Balaban J connectivity index is 2.08. The molecule has 2 rings (SSSR count). The first kappa shape index (κ1) is 12.1. The van der Waals surface area contributed by atoms with E-state index >= 15 is 0 Å². The second kappa shape index (κ2) is 5.32. The summed E-state index contributed by atoms with van der Waals surface area (Å²) in [5, 5.41) is 3.31. The zero-order valence-electron chi connectivity index (χ0n) is 10.4. The van der Waals surface area contributed by atoms with Crippen molar-refractivity contribution in [3.63, 3.8) is 0 Å². The maximum absolute atomic E-state index is 12.2. The van der Waals surface area contributed by atoms with Crippen molar-refractivity contribution in [3.8, 4) is 5.75 Å². The molecule has 2 atom stereocenters. The minimum absolute atomic E-state index is 0.118. The lowest BCUT2D eigenvalue weighted by atomic mass is 9.92. The SMILES string of the molecule is CCOc1ccc(C(=O)C2CCNC2C)cc1. The molecule has 3 nitrogen and oxygen atoms in total. The van der Waals surface area contributed by atoms with Gasteiger partial charge in [-0.2, -0.15) is 0 Å². The zero-order valence-corrected chi connectivity index (χ0v) is 10.4. The lowest BCUT2D eigenvalue weighted by Gasteiger charge is -2.13. The summed E-state index contributed by atoms with van der Waals surface area (Å²) in [7, 11) is 0. The maximum Gasteiger partial charge on any atom is 0.167 e. The van der Waals surface area contributed by atoms with Gasteiger partial charge < -0.3 is 10.1 Å². The molecule has 1 fully saturated rings. The second-order valence-corrected chi connectivity index (χ2v) is 4.46. The van der Waals surface area contributed by atoms with E-state index in [1.165, 1.54) is 0 Å². The Morgan fingerprint density at radius 1 is 1.41 bits per heavy atom. The fourth-order valence-corrected chi connectivity index (χ4v) is 2.31. The highest BCUT2D eigenvalue weighted by Gasteiger charge is 2.29. The number of Topliss-reactive ketones (excluding diaryl/α,β-unsaturated/α-hetero) is 1. The summed E-state index contributed by atoms with van der Waals surface area (Å²) in [6.45, 7) is 5.61. The Labute approximate surface area is 102 Å². The van der Waals surface area contributed by atoms with Gasteiger partial charge in [0.15, 0.2) is 5.78 Å². The van der Waals surface area contributed by atoms with Crippen LogP contribution in [0.1, 0.15) is 30.6 Å². The highest BCUT2D eigenvalue weighted by atomic mass is 16.5. The van der Waals surface area contributed by atoms with E-state index in [9.17, 15) is 4.79 Å². The average Bonchev–Trinajstić information content (AvgIpc) is 2.76. The molecule has 1 N–H and O–H groups in total. The average molecular weight is 233 g/mol. The third-order valence-electron chi connectivity index (χ3n) is 3.31. The van der Waals surface area contributed by atoms with E-state index in [0.717, 1.165) is 24.3 Å². The van der Waals surface area contributed by atoms with Crippen molar-refractivity contribution in [1.29, 1.82) is 0 Å². The number of nitrogens with one attached hydrogen (secondary N) is 1. The number of rotatable bonds is 4. The van der Waals surface area contributed by atoms with Crippen molar-refractivity contribution >= 4 is 5.78 Å². The van der Waals surface area contributed by atoms with Crippen LogP contribution in [0.2, 0.25) is 0 Å². The van der Waals surface area contributed by atoms with Crippen molar-refractivity contribution in [1.82, 2.24) is 5.32 Å². The van der Waals surface area contributed by atoms with E-state index in [2.05, 4.69) is 12.2 Å². The molecule has 0 radical (unpaired) electrons. The van der Waals surface area contributed by atoms with Crippen LogP contribution in [0, 0.1) is 5.92 Å². The first-order valence-corrected chi connectivity index (χ1v) is 6.23. The van der Waals surface area contributed by atoms with Crippen LogP contribution in [0.25, 0.3) is 0 Å². The van der Waals surface area contributed by atoms with Crippen LogP contribution in [0.4, 0.5) is 0 Å². The van der Waals surface area contributed by atoms with E-state index in [4.69, 9.17) is 4.74 Å². The standard InChI is InChI=1S/C14H19NO2/c1-3-17-12-6-4-11(5-7-12)14(16)13-8-9-15-10(13)2/h4-7,10,13,15H,3,8-9H2,1-2H3. The highest BCUT2D eigenvalue weighted by molar-refractivity contribution is 5.98. The summed E-state index contributed by atoms with van der Waals surface area (Å²) in [6, 6.07) is 7.73. The molecule has 2 unspecified atom stereocenters. The normalized spacial score (nSPS) is 23.6. The van der Waals surface area contributed by atoms with Crippen molar-refractivity contribution in [2.75, 3.05) is 13.2 Å². The Hall–Kier alpha value is -1.35. The van der Waals surface area contributed by atoms with Crippen LogP contribution in [0.5, 0.6) is 5.75 Å². The van der Waals surface area contributed by atoms with Crippen molar-refractivity contribution in [2.24, 2.45) is 5.92 Å². The molecule has 17 heavy (non-hydrogen) atoms.